The number of nitrogens with zero attached hydrogens (tertiary/aromatic N) is 4. The van der Waals surface area contributed by atoms with E-state index in [0.717, 1.165) is 10.9 Å². The molecule has 0 aliphatic carbocycles. The van der Waals surface area contributed by atoms with E-state index in [1.807, 2.05) is 0 Å². The van der Waals surface area contributed by atoms with Crippen molar-refractivity contribution >= 4 is 40.6 Å². The number of imidazole rings is 1. The Bertz CT molecular complexity index is 1230. The van der Waals surface area contributed by atoms with Crippen molar-refractivity contribution in [1.29, 1.82) is 0 Å². The lowest BCUT2D eigenvalue weighted by Crippen LogP contribution is -2.34. The highest BCUT2D eigenvalue weighted by Crippen LogP contribution is 2.32. The number of aliphatic hydroxyl groups is 3. The Labute approximate surface area is 211 Å². The fourth-order valence-corrected chi connectivity index (χ4v) is 2.53. The van der Waals surface area contributed by atoms with E-state index < -0.39 is 82.5 Å². The average Bonchev–Trinajstić information content (AvgIpc) is 3.18. The van der Waals surface area contributed by atoms with Gasteiger partial charge in [0.2, 0.25) is 5.95 Å². The molecule has 228 valence electrons. The van der Waals surface area contributed by atoms with Gasteiger partial charge >= 0.3 is 29.8 Å². The van der Waals surface area contributed by atoms with Crippen LogP contribution in [0.25, 0.3) is 11.2 Å². The molecule has 4 atom stereocenters. The Hall–Kier alpha value is -1.89. The minimum absolute atomic E-state index is 0.354. The quantitative estimate of drug-likeness (QED) is 0.137. The van der Waals surface area contributed by atoms with Crippen LogP contribution in [-0.2, 0) is 24.7 Å². The predicted molar refractivity (Wildman–Crippen MR) is 113 cm³/mol. The maximum absolute atomic E-state index is 12.8. The van der Waals surface area contributed by atoms with Crippen LogP contribution in [0.4, 0.5) is 19.1 Å². The highest BCUT2D eigenvalue weighted by atomic mass is 31.2. The monoisotopic (exact) mass is 645 g/mol. The minimum atomic E-state index is -5.08. The maximum atomic E-state index is 12.8. The molecule has 22 nitrogen and oxygen atoms in total. The van der Waals surface area contributed by atoms with Gasteiger partial charge in [-0.1, -0.05) is 0 Å². The zero-order chi connectivity index (χ0) is 31.3. The van der Waals surface area contributed by atoms with Gasteiger partial charge in [-0.25, -0.2) is 18.7 Å². The highest BCUT2D eigenvalue weighted by molar-refractivity contribution is 7.45. The van der Waals surface area contributed by atoms with Crippen molar-refractivity contribution in [2.45, 2.75) is 30.8 Å². The Morgan fingerprint density at radius 1 is 0.923 bits per heavy atom. The average molecular weight is 645 g/mol. The molecule has 3 heterocycles. The molecule has 3 rings (SSSR count). The van der Waals surface area contributed by atoms with Crippen LogP contribution in [0.3, 0.4) is 0 Å². The normalized spacial score (nSPS) is 21.7. The molecule has 1 saturated heterocycles. The first-order valence-corrected chi connectivity index (χ1v) is 13.7. The maximum Gasteiger partial charge on any atom is 0.494 e. The number of alkyl halides is 3. The van der Waals surface area contributed by atoms with Crippen LogP contribution in [0.5, 0.6) is 0 Å². The molecule has 1 aliphatic rings. The molecule has 0 radical (unpaired) electrons. The number of anilines is 1. The summed E-state index contributed by atoms with van der Waals surface area (Å²) < 4.78 is 70.7. The number of nitrogens with two attached hydrogens (primary N) is 1. The van der Waals surface area contributed by atoms with Crippen molar-refractivity contribution < 1.29 is 91.0 Å². The number of ether oxygens (including phenoxy) is 1. The lowest BCUT2D eigenvalue weighted by atomic mass is 10.1. The van der Waals surface area contributed by atoms with Gasteiger partial charge in [0.05, 0.1) is 12.9 Å². The van der Waals surface area contributed by atoms with Crippen molar-refractivity contribution in [3.05, 3.63) is 16.7 Å². The Morgan fingerprint density at radius 2 is 1.33 bits per heavy atom. The first kappa shape index (κ1) is 37.1. The molecule has 2 aromatic rings. The van der Waals surface area contributed by atoms with Gasteiger partial charge in [0.1, 0.15) is 18.3 Å². The second kappa shape index (κ2) is 13.6. The summed E-state index contributed by atoms with van der Waals surface area (Å²) in [7, 11) is -13.9. The van der Waals surface area contributed by atoms with Crippen LogP contribution in [-0.4, -0.2) is 103 Å². The summed E-state index contributed by atoms with van der Waals surface area (Å²) in [5, 5.41) is 28.7. The zero-order valence-corrected chi connectivity index (χ0v) is 21.0. The molecule has 0 bridgehead atoms. The molecule has 0 unspecified atom stereocenters. The third-order valence-corrected chi connectivity index (χ3v) is 3.67. The van der Waals surface area contributed by atoms with Gasteiger partial charge in [-0.15, -0.1) is 13.2 Å². The van der Waals surface area contributed by atoms with E-state index in [2.05, 4.69) is 9.97 Å². The van der Waals surface area contributed by atoms with Gasteiger partial charge in [-0.2, -0.15) is 9.55 Å². The summed E-state index contributed by atoms with van der Waals surface area (Å²) in [4.78, 5) is 83.7. The van der Waals surface area contributed by atoms with Gasteiger partial charge in [0, 0.05) is 0 Å². The standard InChI is InChI=1S/C11H12F3N5O5.3H3O4P/c12-11(13,14)19-8(23)4-7(17-10(19)15)18(2-16-4)9-6(22)5(21)3(1-20)24-9;3*1-5(2,3)4/h2-3,5-6,9,20-22H,1H2,(H2,15,17);3*(H3,1,2,3,4)/t3-,5-,6-,9-;;;/m1.../s1. The van der Waals surface area contributed by atoms with Gasteiger partial charge in [-0.3, -0.25) is 9.36 Å². The van der Waals surface area contributed by atoms with Gasteiger partial charge in [-0.05, 0) is 0 Å². The number of aliphatic hydroxyl groups excluding tert-OH is 3. The first-order chi connectivity index (χ1) is 17.2. The van der Waals surface area contributed by atoms with Crippen LogP contribution < -0.4 is 11.3 Å². The zero-order valence-electron chi connectivity index (χ0n) is 18.3. The molecule has 0 spiro atoms. The number of rotatable bonds is 2. The number of hydrogen-bond donors (Lipinski definition) is 13. The number of fused-ring (bicyclic) bond motifs is 1. The third-order valence-electron chi connectivity index (χ3n) is 3.67. The second-order valence-electron chi connectivity index (χ2n) is 6.67. The largest absolute Gasteiger partial charge is 0.494 e. The van der Waals surface area contributed by atoms with Crippen molar-refractivity contribution in [1.82, 2.24) is 19.1 Å². The van der Waals surface area contributed by atoms with Crippen LogP contribution in [0.15, 0.2) is 11.1 Å². The number of halogens is 3. The van der Waals surface area contributed by atoms with E-state index in [4.69, 9.17) is 73.3 Å². The SMILES string of the molecule is Nc1nc2c(ncn2[C@@H]2O[C@H](CO)[C@@H](O)[C@H]2O)c(=O)n1C(F)(F)F.O=P(O)(O)O.O=P(O)(O)O.O=P(O)(O)O. The van der Waals surface area contributed by atoms with Crippen molar-refractivity contribution in [2.75, 3.05) is 12.3 Å². The van der Waals surface area contributed by atoms with E-state index in [1.54, 1.807) is 0 Å². The van der Waals surface area contributed by atoms with Crippen LogP contribution >= 0.6 is 23.5 Å². The van der Waals surface area contributed by atoms with Crippen LogP contribution in [0.2, 0.25) is 0 Å². The molecule has 1 fully saturated rings. The smallest absolute Gasteiger partial charge is 0.394 e. The van der Waals surface area contributed by atoms with E-state index in [9.17, 15) is 28.2 Å². The van der Waals surface area contributed by atoms with E-state index in [-0.39, 0.29) is 5.65 Å². The topological polar surface area (TPSA) is 382 Å². The van der Waals surface area contributed by atoms with Gasteiger partial charge in [0.25, 0.3) is 5.56 Å². The summed E-state index contributed by atoms with van der Waals surface area (Å²) in [6.45, 7) is -0.599. The Morgan fingerprint density at radius 3 is 1.67 bits per heavy atom. The summed E-state index contributed by atoms with van der Waals surface area (Å²) in [6.07, 6.45) is -9.53. The lowest BCUT2D eigenvalue weighted by Gasteiger charge is -2.17. The van der Waals surface area contributed by atoms with Crippen LogP contribution in [0.1, 0.15) is 6.23 Å². The lowest BCUT2D eigenvalue weighted by molar-refractivity contribution is -0.204. The molecule has 1 aliphatic heterocycles. The molecule has 28 heteroatoms. The molecule has 0 aromatic carbocycles. The minimum Gasteiger partial charge on any atom is -0.394 e. The number of phosphoric acid groups is 3. The van der Waals surface area contributed by atoms with Crippen molar-refractivity contribution in [3.8, 4) is 0 Å². The van der Waals surface area contributed by atoms with Crippen molar-refractivity contribution in [2.24, 2.45) is 0 Å². The first-order valence-electron chi connectivity index (χ1n) is 8.96. The third kappa shape index (κ3) is 13.8. The fourth-order valence-electron chi connectivity index (χ4n) is 2.53. The number of nitrogen functional groups attached to an aromatic ring is 1. The summed E-state index contributed by atoms with van der Waals surface area (Å²) in [6, 6.07) is 0. The number of aromatic nitrogens is 4. The second-order valence-corrected chi connectivity index (χ2v) is 9.75. The Balaban J connectivity index is 0.000000793. The molecular formula is C11H21F3N5O17P3. The fraction of sp³-hybridized carbons (Fsp3) is 0.545. The van der Waals surface area contributed by atoms with Crippen LogP contribution in [0, 0.1) is 0 Å². The molecule has 2 aromatic heterocycles. The van der Waals surface area contributed by atoms with E-state index in [0.29, 0.717) is 0 Å². The van der Waals surface area contributed by atoms with E-state index in [1.165, 1.54) is 0 Å². The molecule has 0 saturated carbocycles. The van der Waals surface area contributed by atoms with Gasteiger partial charge < -0.3 is 69.8 Å². The van der Waals surface area contributed by atoms with Gasteiger partial charge in [0.15, 0.2) is 17.4 Å². The Kier molecular flexibility index (Phi) is 13.0. The summed E-state index contributed by atoms with van der Waals surface area (Å²) in [5.74, 6) is -1.12. The highest BCUT2D eigenvalue weighted by Gasteiger charge is 2.44. The summed E-state index contributed by atoms with van der Waals surface area (Å²) >= 11 is 0. The molecular weight excluding hydrogens is 624 g/mol. The molecule has 39 heavy (non-hydrogen) atoms. The molecule has 14 N–H and O–H groups in total. The number of hydrogen-bond acceptors (Lipinski definition) is 11. The van der Waals surface area contributed by atoms with Crippen molar-refractivity contribution in [3.63, 3.8) is 0 Å². The van der Waals surface area contributed by atoms with E-state index >= 15 is 0 Å². The predicted octanol–water partition coefficient (Wildman–Crippen LogP) is -4.52. The summed E-state index contributed by atoms with van der Waals surface area (Å²) in [5.41, 5.74) is 2.69. The molecule has 0 amide bonds.